The molecule has 6 heteroatoms. The van der Waals surface area contributed by atoms with E-state index in [0.717, 1.165) is 27.6 Å². The number of carbonyl (C=O) groups excluding carboxylic acids is 1. The summed E-state index contributed by atoms with van der Waals surface area (Å²) in [5, 5.41) is 2.29. The molecular weight excluding hydrogens is 488 g/mol. The first-order valence-corrected chi connectivity index (χ1v) is 14.4. The van der Waals surface area contributed by atoms with E-state index in [0.29, 0.717) is 50.5 Å². The second-order valence-corrected chi connectivity index (χ2v) is 11.4. The van der Waals surface area contributed by atoms with E-state index >= 15 is 0 Å². The van der Waals surface area contributed by atoms with Gasteiger partial charge >= 0.3 is 0 Å². The van der Waals surface area contributed by atoms with Crippen LogP contribution < -0.4 is 10.5 Å². The van der Waals surface area contributed by atoms with E-state index in [4.69, 9.17) is 19.9 Å². The first kappa shape index (κ1) is 27.6. The number of amides is 1. The van der Waals surface area contributed by atoms with Gasteiger partial charge in [0.2, 0.25) is 5.91 Å². The average Bonchev–Trinajstić information content (AvgIpc) is 3.43. The highest BCUT2D eigenvalue weighted by Crippen LogP contribution is 2.57. The second kappa shape index (κ2) is 12.5. The maximum Gasteiger partial charge on any atom is 0.240 e. The van der Waals surface area contributed by atoms with Gasteiger partial charge < -0.3 is 24.8 Å². The Bertz CT molecular complexity index is 1230. The molecule has 3 unspecified atom stereocenters. The van der Waals surface area contributed by atoms with Crippen molar-refractivity contribution in [3.63, 3.8) is 0 Å². The van der Waals surface area contributed by atoms with Crippen LogP contribution in [0.1, 0.15) is 44.7 Å². The molecule has 3 aromatic carbocycles. The van der Waals surface area contributed by atoms with E-state index in [9.17, 15) is 4.79 Å². The van der Waals surface area contributed by atoms with Gasteiger partial charge in [-0.15, -0.1) is 0 Å². The summed E-state index contributed by atoms with van der Waals surface area (Å²) in [4.78, 5) is 15.7. The Balaban J connectivity index is 1.31. The van der Waals surface area contributed by atoms with Crippen LogP contribution in [0.15, 0.2) is 66.7 Å². The lowest BCUT2D eigenvalue weighted by molar-refractivity contribution is -0.168. The van der Waals surface area contributed by atoms with Crippen molar-refractivity contribution in [1.29, 1.82) is 0 Å². The molecule has 0 bridgehead atoms. The lowest BCUT2D eigenvalue weighted by Crippen LogP contribution is -2.48. The van der Waals surface area contributed by atoms with Gasteiger partial charge in [0.15, 0.2) is 6.29 Å². The topological polar surface area (TPSA) is 74.0 Å². The molecule has 0 spiro atoms. The third-order valence-corrected chi connectivity index (χ3v) is 7.95. The largest absolute Gasteiger partial charge is 0.493 e. The van der Waals surface area contributed by atoms with E-state index in [1.807, 2.05) is 54.3 Å². The van der Waals surface area contributed by atoms with Gasteiger partial charge in [-0.3, -0.25) is 4.79 Å². The number of rotatable bonds is 14. The second-order valence-electron chi connectivity index (χ2n) is 11.4. The minimum atomic E-state index is -0.679. The van der Waals surface area contributed by atoms with Gasteiger partial charge in [0, 0.05) is 13.2 Å². The fourth-order valence-electron chi connectivity index (χ4n) is 5.60. The SMILES string of the molecule is CCOC(CN(Cc1cccc2ccccc12)C(=O)[C@@H](N)Cc1ccc(OCC(C)C)cc1)OC1C2CCC21. The predicted molar refractivity (Wildman–Crippen MR) is 154 cm³/mol. The fourth-order valence-corrected chi connectivity index (χ4v) is 5.60. The number of carbonyl (C=O) groups is 1. The Kier molecular flexibility index (Phi) is 8.85. The molecule has 0 aliphatic heterocycles. The number of fused-ring (bicyclic) bond motifs is 2. The van der Waals surface area contributed by atoms with Crippen LogP contribution in [0.2, 0.25) is 0 Å². The smallest absolute Gasteiger partial charge is 0.240 e. The molecule has 0 aromatic heterocycles. The molecule has 4 atom stereocenters. The van der Waals surface area contributed by atoms with Gasteiger partial charge in [-0.05, 0) is 78.0 Å². The molecule has 208 valence electrons. The summed E-state index contributed by atoms with van der Waals surface area (Å²) in [6, 6.07) is 21.7. The van der Waals surface area contributed by atoms with Gasteiger partial charge in [-0.25, -0.2) is 0 Å². The highest BCUT2D eigenvalue weighted by atomic mass is 16.7. The third kappa shape index (κ3) is 6.81. The fraction of sp³-hybridized carbons (Fsp3) is 0.485. The Morgan fingerprint density at radius 2 is 1.72 bits per heavy atom. The zero-order chi connectivity index (χ0) is 27.4. The first-order chi connectivity index (χ1) is 18.9. The van der Waals surface area contributed by atoms with Crippen LogP contribution in [0.3, 0.4) is 0 Å². The molecule has 2 N–H and O–H groups in total. The van der Waals surface area contributed by atoms with Crippen LogP contribution in [0.25, 0.3) is 10.8 Å². The quantitative estimate of drug-likeness (QED) is 0.276. The number of ether oxygens (including phenoxy) is 3. The molecule has 0 heterocycles. The minimum Gasteiger partial charge on any atom is -0.493 e. The highest BCUT2D eigenvalue weighted by molar-refractivity contribution is 5.87. The molecule has 5 rings (SSSR count). The van der Waals surface area contributed by atoms with Gasteiger partial charge in [-0.2, -0.15) is 0 Å². The van der Waals surface area contributed by atoms with E-state index in [1.54, 1.807) is 0 Å². The van der Waals surface area contributed by atoms with Crippen molar-refractivity contribution in [2.45, 2.75) is 65.0 Å². The number of nitrogens with two attached hydrogens (primary N) is 1. The van der Waals surface area contributed by atoms with Crippen molar-refractivity contribution < 1.29 is 19.0 Å². The summed E-state index contributed by atoms with van der Waals surface area (Å²) in [6.07, 6.45) is 2.72. The standard InChI is InChI=1S/C33H42N2O4/c1-4-37-31(39-32-28-16-17-29(28)32)20-35(19-25-10-7-9-24-8-5-6-11-27(24)25)33(36)30(34)18-23-12-14-26(15-13-23)38-21-22(2)3/h5-15,22,28-32H,4,16-21,34H2,1-3H3/t28?,29?,30-,31?,32?/m0/s1. The summed E-state index contributed by atoms with van der Waals surface area (Å²) < 4.78 is 18.2. The molecule has 2 fully saturated rings. The van der Waals surface area contributed by atoms with Crippen LogP contribution in [-0.4, -0.2) is 49.0 Å². The van der Waals surface area contributed by atoms with Crippen molar-refractivity contribution in [3.05, 3.63) is 77.9 Å². The maximum atomic E-state index is 13.9. The Morgan fingerprint density at radius 1 is 1.00 bits per heavy atom. The van der Waals surface area contributed by atoms with Crippen LogP contribution in [0.5, 0.6) is 5.75 Å². The monoisotopic (exact) mass is 530 g/mol. The Hall–Kier alpha value is -2.93. The summed E-state index contributed by atoms with van der Waals surface area (Å²) in [7, 11) is 0. The van der Waals surface area contributed by atoms with E-state index in [1.165, 1.54) is 12.8 Å². The van der Waals surface area contributed by atoms with Gasteiger partial charge in [0.05, 0.1) is 25.3 Å². The summed E-state index contributed by atoms with van der Waals surface area (Å²) in [6.45, 7) is 8.21. The molecule has 0 radical (unpaired) electrons. The number of nitrogens with zero attached hydrogens (tertiary/aromatic N) is 1. The summed E-state index contributed by atoms with van der Waals surface area (Å²) in [5.41, 5.74) is 8.66. The predicted octanol–water partition coefficient (Wildman–Crippen LogP) is 5.56. The van der Waals surface area contributed by atoms with E-state index in [2.05, 4.69) is 38.1 Å². The van der Waals surface area contributed by atoms with Crippen LogP contribution in [-0.2, 0) is 27.2 Å². The number of hydrogen-bond acceptors (Lipinski definition) is 5. The normalized spacial score (nSPS) is 21.2. The van der Waals surface area contributed by atoms with Crippen LogP contribution in [0.4, 0.5) is 0 Å². The molecule has 2 aliphatic carbocycles. The lowest BCUT2D eigenvalue weighted by Gasteiger charge is -2.30. The van der Waals surface area contributed by atoms with Crippen LogP contribution in [0, 0.1) is 17.8 Å². The molecule has 0 saturated heterocycles. The molecule has 2 aliphatic rings. The van der Waals surface area contributed by atoms with Crippen molar-refractivity contribution in [1.82, 2.24) is 4.90 Å². The molecule has 2 saturated carbocycles. The first-order valence-electron chi connectivity index (χ1n) is 14.4. The molecule has 3 aromatic rings. The summed E-state index contributed by atoms with van der Waals surface area (Å²) >= 11 is 0. The molecule has 6 nitrogen and oxygen atoms in total. The average molecular weight is 531 g/mol. The van der Waals surface area contributed by atoms with Crippen molar-refractivity contribution >= 4 is 16.7 Å². The third-order valence-electron chi connectivity index (χ3n) is 7.95. The van der Waals surface area contributed by atoms with Gasteiger partial charge in [-0.1, -0.05) is 68.4 Å². The molecule has 1 amide bonds. The lowest BCUT2D eigenvalue weighted by atomic mass is 10.0. The zero-order valence-electron chi connectivity index (χ0n) is 23.4. The number of benzene rings is 3. The van der Waals surface area contributed by atoms with Crippen molar-refractivity contribution in [2.75, 3.05) is 19.8 Å². The zero-order valence-corrected chi connectivity index (χ0v) is 23.4. The van der Waals surface area contributed by atoms with Gasteiger partial charge in [0.1, 0.15) is 5.75 Å². The van der Waals surface area contributed by atoms with Gasteiger partial charge in [0.25, 0.3) is 0 Å². The van der Waals surface area contributed by atoms with E-state index in [-0.39, 0.29) is 12.0 Å². The Labute approximate surface area is 232 Å². The maximum absolute atomic E-state index is 13.9. The van der Waals surface area contributed by atoms with Crippen molar-refractivity contribution in [2.24, 2.45) is 23.5 Å². The molecule has 39 heavy (non-hydrogen) atoms. The highest BCUT2D eigenvalue weighted by Gasteiger charge is 2.58. The molecular formula is C33H42N2O4. The summed E-state index contributed by atoms with van der Waals surface area (Å²) in [5.74, 6) is 2.53. The van der Waals surface area contributed by atoms with E-state index < -0.39 is 12.3 Å². The minimum absolute atomic E-state index is 0.102. The van der Waals surface area contributed by atoms with Crippen LogP contribution >= 0.6 is 0 Å². The van der Waals surface area contributed by atoms with Crippen molar-refractivity contribution in [3.8, 4) is 5.75 Å². The number of hydrogen-bond donors (Lipinski definition) is 1. The Morgan fingerprint density at radius 3 is 2.41 bits per heavy atom.